The van der Waals surface area contributed by atoms with Crippen molar-refractivity contribution in [2.24, 2.45) is 11.3 Å². The van der Waals surface area contributed by atoms with Gasteiger partial charge in [0, 0.05) is 30.3 Å². The Morgan fingerprint density at radius 3 is 2.17 bits per heavy atom. The zero-order chi connectivity index (χ0) is 30.5. The first-order valence-electron chi connectivity index (χ1n) is 13.2. The van der Waals surface area contributed by atoms with Crippen molar-refractivity contribution in [3.8, 4) is 5.75 Å². The number of amides is 1. The summed E-state index contributed by atoms with van der Waals surface area (Å²) >= 11 is 0. The highest BCUT2D eigenvalue weighted by Gasteiger charge is 2.66. The van der Waals surface area contributed by atoms with Gasteiger partial charge < -0.3 is 20.1 Å². The van der Waals surface area contributed by atoms with Crippen molar-refractivity contribution in [2.75, 3.05) is 13.4 Å². The van der Waals surface area contributed by atoms with Gasteiger partial charge in [-0.3, -0.25) is 4.79 Å². The zero-order valence-corrected chi connectivity index (χ0v) is 24.3. The fraction of sp³-hybridized carbons (Fsp3) is 0.517. The van der Waals surface area contributed by atoms with Crippen LogP contribution in [-0.2, 0) is 32.1 Å². The largest absolute Gasteiger partial charge is 0.496 e. The van der Waals surface area contributed by atoms with Crippen molar-refractivity contribution in [2.45, 2.75) is 69.2 Å². The average Bonchev–Trinajstić information content (AvgIpc) is 3.62. The Hall–Kier alpha value is -3.12. The van der Waals surface area contributed by atoms with Crippen molar-refractivity contribution in [1.29, 1.82) is 0 Å². The van der Waals surface area contributed by atoms with E-state index in [2.05, 4.69) is 5.32 Å². The number of benzene rings is 2. The highest BCUT2D eigenvalue weighted by Crippen LogP contribution is 2.53. The summed E-state index contributed by atoms with van der Waals surface area (Å²) in [6.45, 7) is 5.35. The molecule has 4 atom stereocenters. The highest BCUT2D eigenvalue weighted by atomic mass is 32.2. The monoisotopic (exact) mass is 596 g/mol. The minimum Gasteiger partial charge on any atom is -0.496 e. The number of carboxylic acids is 1. The Morgan fingerprint density at radius 2 is 1.71 bits per heavy atom. The lowest BCUT2D eigenvalue weighted by atomic mass is 9.72. The molecule has 1 saturated carbocycles. The minimum atomic E-state index is -4.59. The third kappa shape index (κ3) is 5.68. The summed E-state index contributed by atoms with van der Waals surface area (Å²) in [5.74, 6) is -2.59. The van der Waals surface area contributed by atoms with Crippen LogP contribution in [0.25, 0.3) is 0 Å². The van der Waals surface area contributed by atoms with Gasteiger partial charge in [0.15, 0.2) is 14.6 Å². The van der Waals surface area contributed by atoms with Crippen LogP contribution in [0.5, 0.6) is 5.75 Å². The summed E-state index contributed by atoms with van der Waals surface area (Å²) in [4.78, 5) is 28.2. The number of ether oxygens (including phenoxy) is 1. The SMILES string of the molecule is COc1ccc(C(F)(F)F)cc1CN[C@H]1[C@H](C(C)(C)C)[C@@H](C(=O)O)N(C(=O)C2(S(C)(=O)=O)CC2)[C@H]1c1ccccc1. The summed E-state index contributed by atoms with van der Waals surface area (Å²) in [6.07, 6.45) is -3.42. The molecule has 2 aliphatic rings. The number of halogens is 3. The van der Waals surface area contributed by atoms with Crippen molar-refractivity contribution in [1.82, 2.24) is 10.2 Å². The molecule has 0 spiro atoms. The standard InChI is InChI=1S/C29H35F3N2O6S/c1-27(2,3)21-22(33-16-18-15-19(29(30,31)32)11-12-20(18)40-4)23(17-9-7-6-8-10-17)34(24(21)25(35)36)26(37)28(13-14-28)41(5,38)39/h6-12,15,21-24,33H,13-14,16H2,1-5H3,(H,35,36)/t21-,22-,23-,24-/m0/s1. The molecule has 1 heterocycles. The maximum atomic E-state index is 14.1. The van der Waals surface area contributed by atoms with Crippen molar-refractivity contribution < 1.29 is 41.0 Å². The molecule has 0 radical (unpaired) electrons. The lowest BCUT2D eigenvalue weighted by Crippen LogP contribution is -2.52. The molecule has 8 nitrogen and oxygen atoms in total. The van der Waals surface area contributed by atoms with E-state index in [0.717, 1.165) is 18.4 Å². The maximum Gasteiger partial charge on any atom is 0.416 e. The average molecular weight is 597 g/mol. The molecular formula is C29H35F3N2O6S. The van der Waals surface area contributed by atoms with Gasteiger partial charge in [-0.05, 0) is 42.0 Å². The first-order chi connectivity index (χ1) is 18.9. The van der Waals surface area contributed by atoms with Crippen LogP contribution >= 0.6 is 0 Å². The summed E-state index contributed by atoms with van der Waals surface area (Å²) in [7, 11) is -2.52. The quantitative estimate of drug-likeness (QED) is 0.463. The van der Waals surface area contributed by atoms with E-state index in [4.69, 9.17) is 4.74 Å². The molecule has 2 aromatic carbocycles. The van der Waals surface area contributed by atoms with Gasteiger partial charge >= 0.3 is 12.1 Å². The Balaban J connectivity index is 1.87. The number of carboxylic acid groups (broad SMARTS) is 1. The first kappa shape index (κ1) is 30.8. The smallest absolute Gasteiger partial charge is 0.416 e. The molecule has 2 N–H and O–H groups in total. The van der Waals surface area contributed by atoms with E-state index >= 15 is 0 Å². The summed E-state index contributed by atoms with van der Waals surface area (Å²) in [5.41, 5.74) is -0.801. The Labute approximate surface area is 237 Å². The summed E-state index contributed by atoms with van der Waals surface area (Å²) < 4.78 is 69.7. The lowest BCUT2D eigenvalue weighted by molar-refractivity contribution is -0.152. The van der Waals surface area contributed by atoms with Gasteiger partial charge in [0.2, 0.25) is 5.91 Å². The van der Waals surface area contributed by atoms with Crippen LogP contribution in [-0.4, -0.2) is 60.5 Å². The van der Waals surface area contributed by atoms with Crippen molar-refractivity contribution in [3.05, 3.63) is 65.2 Å². The first-order valence-corrected chi connectivity index (χ1v) is 15.1. The molecule has 12 heteroatoms. The minimum absolute atomic E-state index is 0.0920. The van der Waals surface area contributed by atoms with Crippen molar-refractivity contribution >= 4 is 21.7 Å². The van der Waals surface area contributed by atoms with Crippen LogP contribution in [0.2, 0.25) is 0 Å². The van der Waals surface area contributed by atoms with Crippen LogP contribution in [0.3, 0.4) is 0 Å². The summed E-state index contributed by atoms with van der Waals surface area (Å²) in [5, 5.41) is 13.8. The van der Waals surface area contributed by atoms with Crippen LogP contribution in [0.15, 0.2) is 48.5 Å². The molecule has 2 fully saturated rings. The van der Waals surface area contributed by atoms with E-state index in [1.807, 2.05) is 20.8 Å². The fourth-order valence-electron chi connectivity index (χ4n) is 6.12. The normalized spacial score (nSPS) is 24.2. The van der Waals surface area contributed by atoms with Crippen LogP contribution in [0.1, 0.15) is 56.3 Å². The number of nitrogens with one attached hydrogen (secondary N) is 1. The molecule has 41 heavy (non-hydrogen) atoms. The highest BCUT2D eigenvalue weighted by molar-refractivity contribution is 7.93. The van der Waals surface area contributed by atoms with E-state index in [1.54, 1.807) is 30.3 Å². The number of likely N-dealkylation sites (tertiary alicyclic amines) is 1. The molecule has 0 aromatic heterocycles. The van der Waals surface area contributed by atoms with Crippen LogP contribution in [0, 0.1) is 11.3 Å². The molecule has 224 valence electrons. The van der Waals surface area contributed by atoms with Gasteiger partial charge in [0.25, 0.3) is 0 Å². The second-order valence-corrected chi connectivity index (χ2v) is 14.3. The molecule has 2 aromatic rings. The van der Waals surface area contributed by atoms with Crippen LogP contribution in [0.4, 0.5) is 13.2 Å². The van der Waals surface area contributed by atoms with Gasteiger partial charge in [0.1, 0.15) is 11.8 Å². The Morgan fingerprint density at radius 1 is 1.10 bits per heavy atom. The third-order valence-corrected chi connectivity index (χ3v) is 10.2. The zero-order valence-electron chi connectivity index (χ0n) is 23.5. The molecule has 4 rings (SSSR count). The van der Waals surface area contributed by atoms with Crippen LogP contribution < -0.4 is 10.1 Å². The lowest BCUT2D eigenvalue weighted by Gasteiger charge is -2.35. The number of rotatable bonds is 8. The number of sulfone groups is 1. The molecule has 0 bridgehead atoms. The van der Waals surface area contributed by atoms with Crippen molar-refractivity contribution in [3.63, 3.8) is 0 Å². The van der Waals surface area contributed by atoms with E-state index in [0.29, 0.717) is 5.56 Å². The van der Waals surface area contributed by atoms with E-state index < -0.39 is 67.7 Å². The fourth-order valence-corrected chi connectivity index (χ4v) is 7.39. The summed E-state index contributed by atoms with van der Waals surface area (Å²) in [6, 6.07) is 8.73. The number of methoxy groups -OCH3 is 1. The van der Waals surface area contributed by atoms with Gasteiger partial charge in [0.05, 0.1) is 18.7 Å². The number of aliphatic carboxylic acids is 1. The Kier molecular flexibility index (Phi) is 7.98. The third-order valence-electron chi connectivity index (χ3n) is 8.23. The van der Waals surface area contributed by atoms with Gasteiger partial charge in [-0.15, -0.1) is 0 Å². The number of hydrogen-bond donors (Lipinski definition) is 2. The number of carbonyl (C=O) groups is 2. The Bertz CT molecular complexity index is 1420. The van der Waals surface area contributed by atoms with Gasteiger partial charge in [-0.25, -0.2) is 13.2 Å². The maximum absolute atomic E-state index is 14.1. The number of alkyl halides is 3. The molecule has 0 unspecified atom stereocenters. The second-order valence-electron chi connectivity index (χ2n) is 11.9. The van der Waals surface area contributed by atoms with Gasteiger partial charge in [-0.2, -0.15) is 13.2 Å². The molecular weight excluding hydrogens is 561 g/mol. The number of carbonyl (C=O) groups excluding carboxylic acids is 1. The molecule has 1 amide bonds. The molecule has 1 saturated heterocycles. The van der Waals surface area contributed by atoms with Gasteiger partial charge in [-0.1, -0.05) is 51.1 Å². The molecule has 1 aliphatic heterocycles. The topological polar surface area (TPSA) is 113 Å². The molecule has 1 aliphatic carbocycles. The number of nitrogens with zero attached hydrogens (tertiary/aromatic N) is 1. The van der Waals surface area contributed by atoms with E-state index in [9.17, 15) is 36.3 Å². The van der Waals surface area contributed by atoms with E-state index in [-0.39, 0.29) is 30.7 Å². The second kappa shape index (κ2) is 10.6. The predicted molar refractivity (Wildman–Crippen MR) is 146 cm³/mol. The number of hydrogen-bond acceptors (Lipinski definition) is 6. The van der Waals surface area contributed by atoms with E-state index in [1.165, 1.54) is 18.1 Å². The predicted octanol–water partition coefficient (Wildman–Crippen LogP) is 4.45.